The second-order valence-electron chi connectivity index (χ2n) is 4.10. The predicted octanol–water partition coefficient (Wildman–Crippen LogP) is 3.23. The normalized spacial score (nSPS) is 20.1. The van der Waals surface area contributed by atoms with E-state index < -0.39 is 5.92 Å². The smallest absolute Gasteiger partial charge is 0.251 e. The molecular weight excluding hydrogens is 198 g/mol. The Labute approximate surface area is 87.4 Å². The number of allylic oxidation sites excluding steroid dienone is 2. The number of nitrogens with zero attached hydrogens (tertiary/aromatic N) is 1. The van der Waals surface area contributed by atoms with Crippen LogP contribution >= 0.6 is 0 Å². The van der Waals surface area contributed by atoms with Gasteiger partial charge in [-0.15, -0.1) is 0 Å². The number of H-pyrrole nitrogens is 1. The van der Waals surface area contributed by atoms with E-state index in [1.807, 2.05) is 13.8 Å². The molecule has 0 atom stereocenters. The summed E-state index contributed by atoms with van der Waals surface area (Å²) in [6.07, 6.45) is 1.89. The molecule has 82 valence electrons. The fourth-order valence-electron chi connectivity index (χ4n) is 2.05. The van der Waals surface area contributed by atoms with Crippen molar-refractivity contribution >= 4 is 5.57 Å². The number of hydrogen-bond donors (Lipinski definition) is 1. The molecule has 0 aliphatic heterocycles. The zero-order valence-corrected chi connectivity index (χ0v) is 8.90. The SMILES string of the molecule is Cc1n[nH]c(C)c1C1=CCC(F)(F)CC1. The molecule has 2 nitrogen and oxygen atoms in total. The van der Waals surface area contributed by atoms with Crippen LogP contribution in [0.1, 0.15) is 36.2 Å². The molecule has 1 N–H and O–H groups in total. The van der Waals surface area contributed by atoms with Gasteiger partial charge in [-0.25, -0.2) is 8.78 Å². The van der Waals surface area contributed by atoms with Crippen LogP contribution in [-0.4, -0.2) is 16.1 Å². The van der Waals surface area contributed by atoms with Crippen LogP contribution in [0.15, 0.2) is 6.08 Å². The number of alkyl halides is 2. The second kappa shape index (κ2) is 3.43. The van der Waals surface area contributed by atoms with Gasteiger partial charge in [0.2, 0.25) is 0 Å². The molecule has 0 aromatic carbocycles. The molecule has 15 heavy (non-hydrogen) atoms. The first kappa shape index (κ1) is 10.3. The second-order valence-corrected chi connectivity index (χ2v) is 4.10. The first-order valence-corrected chi connectivity index (χ1v) is 5.08. The van der Waals surface area contributed by atoms with Gasteiger partial charge in [-0.2, -0.15) is 5.10 Å². The molecule has 1 aliphatic rings. The number of aryl methyl sites for hydroxylation is 2. The van der Waals surface area contributed by atoms with E-state index in [-0.39, 0.29) is 12.8 Å². The first-order valence-electron chi connectivity index (χ1n) is 5.08. The topological polar surface area (TPSA) is 28.7 Å². The number of nitrogens with one attached hydrogen (secondary N) is 1. The number of hydrogen-bond acceptors (Lipinski definition) is 1. The highest BCUT2D eigenvalue weighted by Crippen LogP contribution is 2.37. The summed E-state index contributed by atoms with van der Waals surface area (Å²) in [5.41, 5.74) is 3.88. The molecule has 1 aromatic rings. The lowest BCUT2D eigenvalue weighted by molar-refractivity contribution is -0.00604. The minimum Gasteiger partial charge on any atom is -0.282 e. The third kappa shape index (κ3) is 1.94. The molecule has 0 fully saturated rings. The third-order valence-corrected chi connectivity index (χ3v) is 2.86. The van der Waals surface area contributed by atoms with Gasteiger partial charge in [-0.05, 0) is 25.8 Å². The Kier molecular flexibility index (Phi) is 2.37. The number of rotatable bonds is 1. The lowest BCUT2D eigenvalue weighted by Crippen LogP contribution is -2.18. The van der Waals surface area contributed by atoms with Crippen LogP contribution in [0.25, 0.3) is 5.57 Å². The van der Waals surface area contributed by atoms with Crippen molar-refractivity contribution in [1.82, 2.24) is 10.2 Å². The van der Waals surface area contributed by atoms with Crippen molar-refractivity contribution in [2.45, 2.75) is 39.0 Å². The fourth-order valence-corrected chi connectivity index (χ4v) is 2.05. The Balaban J connectivity index is 2.31. The molecule has 0 saturated heterocycles. The maximum atomic E-state index is 13.0. The van der Waals surface area contributed by atoms with Crippen molar-refractivity contribution < 1.29 is 8.78 Å². The number of aromatic nitrogens is 2. The highest BCUT2D eigenvalue weighted by atomic mass is 19.3. The standard InChI is InChI=1S/C11H14F2N2/c1-7-10(8(2)15-14-7)9-3-5-11(12,13)6-4-9/h3H,4-6H2,1-2H3,(H,14,15). The van der Waals surface area contributed by atoms with Gasteiger partial charge in [0.25, 0.3) is 5.92 Å². The van der Waals surface area contributed by atoms with Crippen molar-refractivity contribution in [2.24, 2.45) is 0 Å². The zero-order valence-electron chi connectivity index (χ0n) is 8.90. The molecule has 0 saturated carbocycles. The summed E-state index contributed by atoms with van der Waals surface area (Å²) in [6.45, 7) is 3.81. The van der Waals surface area contributed by atoms with Crippen molar-refractivity contribution in [3.05, 3.63) is 23.0 Å². The van der Waals surface area contributed by atoms with Crippen LogP contribution in [0.4, 0.5) is 8.78 Å². The Hall–Kier alpha value is -1.19. The molecule has 1 aliphatic carbocycles. The summed E-state index contributed by atoms with van der Waals surface area (Å²) < 4.78 is 25.9. The lowest BCUT2D eigenvalue weighted by Gasteiger charge is -2.21. The van der Waals surface area contributed by atoms with E-state index >= 15 is 0 Å². The van der Waals surface area contributed by atoms with E-state index in [2.05, 4.69) is 10.2 Å². The molecule has 4 heteroatoms. The molecule has 0 amide bonds. The van der Waals surface area contributed by atoms with Gasteiger partial charge in [0, 0.05) is 24.1 Å². The van der Waals surface area contributed by atoms with Crippen LogP contribution in [0.2, 0.25) is 0 Å². The maximum Gasteiger partial charge on any atom is 0.251 e. The molecule has 0 bridgehead atoms. The van der Waals surface area contributed by atoms with Crippen molar-refractivity contribution in [3.8, 4) is 0 Å². The number of aromatic amines is 1. The highest BCUT2D eigenvalue weighted by molar-refractivity contribution is 5.69. The molecule has 2 rings (SSSR count). The average Bonchev–Trinajstić information content (AvgIpc) is 2.48. The minimum absolute atomic E-state index is 0.0527. The molecule has 1 aromatic heterocycles. The monoisotopic (exact) mass is 212 g/mol. The molecule has 0 radical (unpaired) electrons. The quantitative estimate of drug-likeness (QED) is 0.760. The van der Waals surface area contributed by atoms with E-state index in [1.54, 1.807) is 6.08 Å². The van der Waals surface area contributed by atoms with Crippen LogP contribution in [0.3, 0.4) is 0 Å². The average molecular weight is 212 g/mol. The summed E-state index contributed by atoms with van der Waals surface area (Å²) in [4.78, 5) is 0. The first-order chi connectivity index (χ1) is 6.99. The van der Waals surface area contributed by atoms with E-state index in [4.69, 9.17) is 0 Å². The van der Waals surface area contributed by atoms with Gasteiger partial charge in [0.1, 0.15) is 0 Å². The molecule has 0 spiro atoms. The van der Waals surface area contributed by atoms with E-state index in [1.165, 1.54) is 0 Å². The van der Waals surface area contributed by atoms with Crippen LogP contribution in [0, 0.1) is 13.8 Å². The molecule has 1 heterocycles. The van der Waals surface area contributed by atoms with Gasteiger partial charge in [-0.3, -0.25) is 5.10 Å². The molecule has 0 unspecified atom stereocenters. The van der Waals surface area contributed by atoms with Crippen LogP contribution in [-0.2, 0) is 0 Å². The van der Waals surface area contributed by atoms with Crippen molar-refractivity contribution in [2.75, 3.05) is 0 Å². The highest BCUT2D eigenvalue weighted by Gasteiger charge is 2.31. The Morgan fingerprint density at radius 3 is 2.60 bits per heavy atom. The lowest BCUT2D eigenvalue weighted by atomic mass is 9.90. The van der Waals surface area contributed by atoms with E-state index in [0.717, 1.165) is 22.5 Å². The van der Waals surface area contributed by atoms with Crippen LogP contribution < -0.4 is 0 Å². The maximum absolute atomic E-state index is 13.0. The van der Waals surface area contributed by atoms with Crippen molar-refractivity contribution in [1.29, 1.82) is 0 Å². The Bertz CT molecular complexity index is 385. The largest absolute Gasteiger partial charge is 0.282 e. The van der Waals surface area contributed by atoms with Crippen LogP contribution in [0.5, 0.6) is 0 Å². The summed E-state index contributed by atoms with van der Waals surface area (Å²) in [7, 11) is 0. The third-order valence-electron chi connectivity index (χ3n) is 2.86. The van der Waals surface area contributed by atoms with E-state index in [9.17, 15) is 8.78 Å². The summed E-state index contributed by atoms with van der Waals surface area (Å²) in [5.74, 6) is -2.52. The summed E-state index contributed by atoms with van der Waals surface area (Å²) in [5, 5.41) is 6.95. The van der Waals surface area contributed by atoms with Gasteiger partial charge in [0.05, 0.1) is 5.69 Å². The number of halogens is 2. The van der Waals surface area contributed by atoms with E-state index in [0.29, 0.717) is 6.42 Å². The Morgan fingerprint density at radius 1 is 1.40 bits per heavy atom. The summed E-state index contributed by atoms with van der Waals surface area (Å²) in [6, 6.07) is 0. The zero-order chi connectivity index (χ0) is 11.1. The van der Waals surface area contributed by atoms with Gasteiger partial charge < -0.3 is 0 Å². The Morgan fingerprint density at radius 2 is 2.13 bits per heavy atom. The van der Waals surface area contributed by atoms with Gasteiger partial charge in [-0.1, -0.05) is 6.08 Å². The fraction of sp³-hybridized carbons (Fsp3) is 0.545. The summed E-state index contributed by atoms with van der Waals surface area (Å²) >= 11 is 0. The van der Waals surface area contributed by atoms with Crippen molar-refractivity contribution in [3.63, 3.8) is 0 Å². The van der Waals surface area contributed by atoms with Gasteiger partial charge in [0.15, 0.2) is 0 Å². The minimum atomic E-state index is -2.52. The van der Waals surface area contributed by atoms with Gasteiger partial charge >= 0.3 is 0 Å². The predicted molar refractivity (Wildman–Crippen MR) is 54.8 cm³/mol. The molecular formula is C11H14F2N2.